The Bertz CT molecular complexity index is 417. The molecule has 2 saturated heterocycles. The van der Waals surface area contributed by atoms with Crippen molar-refractivity contribution >= 4 is 5.91 Å². The maximum atomic E-state index is 12.1. The Kier molecular flexibility index (Phi) is 2.63. The molecule has 90 valence electrons. The molecule has 0 N–H and O–H groups in total. The van der Waals surface area contributed by atoms with Crippen LogP contribution in [0.25, 0.3) is 0 Å². The molecule has 2 aliphatic rings. The van der Waals surface area contributed by atoms with Gasteiger partial charge >= 0.3 is 0 Å². The van der Waals surface area contributed by atoms with Crippen molar-refractivity contribution in [3.05, 3.63) is 35.9 Å². The molecule has 1 aromatic rings. The van der Waals surface area contributed by atoms with Gasteiger partial charge in [0.25, 0.3) is 0 Å². The van der Waals surface area contributed by atoms with Crippen molar-refractivity contribution in [3.63, 3.8) is 0 Å². The van der Waals surface area contributed by atoms with Crippen LogP contribution in [0.4, 0.5) is 0 Å². The van der Waals surface area contributed by atoms with Gasteiger partial charge in [0.05, 0.1) is 12.0 Å². The summed E-state index contributed by atoms with van der Waals surface area (Å²) < 4.78 is 5.71. The molecule has 3 atom stereocenters. The average molecular weight is 231 g/mol. The Balaban J connectivity index is 1.79. The van der Waals surface area contributed by atoms with Crippen LogP contribution in [0.2, 0.25) is 0 Å². The van der Waals surface area contributed by atoms with Crippen molar-refractivity contribution in [3.8, 4) is 0 Å². The number of carbonyl (C=O) groups excluding carboxylic acids is 1. The molecule has 1 amide bonds. The number of fused-ring (bicyclic) bond motifs is 1. The predicted molar refractivity (Wildman–Crippen MR) is 64.2 cm³/mol. The quantitative estimate of drug-likeness (QED) is 0.731. The summed E-state index contributed by atoms with van der Waals surface area (Å²) in [6.07, 6.45) is 2.02. The summed E-state index contributed by atoms with van der Waals surface area (Å²) in [5, 5.41) is 0. The molecule has 0 bridgehead atoms. The molecule has 2 heterocycles. The number of carbonyl (C=O) groups is 1. The molecule has 0 radical (unpaired) electrons. The number of hydrogen-bond acceptors (Lipinski definition) is 2. The lowest BCUT2D eigenvalue weighted by Gasteiger charge is -2.51. The molecular formula is C14H17NO2. The summed E-state index contributed by atoms with van der Waals surface area (Å²) in [7, 11) is 0. The van der Waals surface area contributed by atoms with Gasteiger partial charge in [-0.3, -0.25) is 4.79 Å². The van der Waals surface area contributed by atoms with Crippen LogP contribution < -0.4 is 0 Å². The zero-order valence-corrected chi connectivity index (χ0v) is 10.0. The SMILES string of the molecule is C[C@@H](c1ccccc1)N1C(=O)[C@@H]2CCCO[C@@H]21. The second kappa shape index (κ2) is 4.15. The first-order valence-electron chi connectivity index (χ1n) is 6.28. The number of benzene rings is 1. The Morgan fingerprint density at radius 3 is 2.88 bits per heavy atom. The largest absolute Gasteiger partial charge is 0.357 e. The van der Waals surface area contributed by atoms with E-state index in [1.54, 1.807) is 0 Å². The molecule has 0 spiro atoms. The third-order valence-corrected chi connectivity index (χ3v) is 3.84. The summed E-state index contributed by atoms with van der Waals surface area (Å²) >= 11 is 0. The predicted octanol–water partition coefficient (Wildman–Crippen LogP) is 2.34. The van der Waals surface area contributed by atoms with E-state index >= 15 is 0 Å². The van der Waals surface area contributed by atoms with Crippen LogP contribution in [-0.2, 0) is 9.53 Å². The lowest BCUT2D eigenvalue weighted by atomic mass is 9.86. The van der Waals surface area contributed by atoms with Crippen LogP contribution in [0.15, 0.2) is 30.3 Å². The Labute approximate surface area is 101 Å². The minimum atomic E-state index is 0.0199. The topological polar surface area (TPSA) is 29.5 Å². The van der Waals surface area contributed by atoms with Crippen LogP contribution in [0.5, 0.6) is 0 Å². The maximum absolute atomic E-state index is 12.1. The van der Waals surface area contributed by atoms with Gasteiger partial charge in [-0.1, -0.05) is 30.3 Å². The number of rotatable bonds is 2. The van der Waals surface area contributed by atoms with Gasteiger partial charge in [0, 0.05) is 6.61 Å². The molecule has 0 saturated carbocycles. The molecule has 2 fully saturated rings. The number of nitrogens with zero attached hydrogens (tertiary/aromatic N) is 1. The molecule has 0 unspecified atom stereocenters. The maximum Gasteiger partial charge on any atom is 0.232 e. The smallest absolute Gasteiger partial charge is 0.232 e. The van der Waals surface area contributed by atoms with Crippen molar-refractivity contribution in [1.29, 1.82) is 0 Å². The van der Waals surface area contributed by atoms with E-state index in [0.717, 1.165) is 19.4 Å². The van der Waals surface area contributed by atoms with Gasteiger partial charge in [-0.2, -0.15) is 0 Å². The molecule has 3 nitrogen and oxygen atoms in total. The highest BCUT2D eigenvalue weighted by atomic mass is 16.5. The van der Waals surface area contributed by atoms with E-state index in [9.17, 15) is 4.79 Å². The third-order valence-electron chi connectivity index (χ3n) is 3.84. The fourth-order valence-electron chi connectivity index (χ4n) is 2.82. The minimum absolute atomic E-state index is 0.0199. The minimum Gasteiger partial charge on any atom is -0.357 e. The number of ether oxygens (including phenoxy) is 1. The highest BCUT2D eigenvalue weighted by molar-refractivity contribution is 5.86. The summed E-state index contributed by atoms with van der Waals surface area (Å²) in [5.74, 6) is 0.376. The molecule has 0 aromatic heterocycles. The molecule has 0 aliphatic carbocycles. The van der Waals surface area contributed by atoms with E-state index in [-0.39, 0.29) is 24.1 Å². The first-order valence-corrected chi connectivity index (χ1v) is 6.28. The molecule has 3 heteroatoms. The van der Waals surface area contributed by atoms with E-state index in [0.29, 0.717) is 0 Å². The number of β-lactam (4-membered cyclic amide) rings is 1. The second-order valence-electron chi connectivity index (χ2n) is 4.84. The molecule has 17 heavy (non-hydrogen) atoms. The normalized spacial score (nSPS) is 29.5. The Hall–Kier alpha value is -1.35. The van der Waals surface area contributed by atoms with Gasteiger partial charge < -0.3 is 9.64 Å². The number of amides is 1. The van der Waals surface area contributed by atoms with Crippen LogP contribution in [0.3, 0.4) is 0 Å². The molecule has 3 rings (SSSR count). The van der Waals surface area contributed by atoms with E-state index in [4.69, 9.17) is 4.74 Å². The fraction of sp³-hybridized carbons (Fsp3) is 0.500. The van der Waals surface area contributed by atoms with Crippen molar-refractivity contribution in [1.82, 2.24) is 4.90 Å². The monoisotopic (exact) mass is 231 g/mol. The molecule has 1 aromatic carbocycles. The molecule has 2 aliphatic heterocycles. The number of hydrogen-bond donors (Lipinski definition) is 0. The number of likely N-dealkylation sites (tertiary alicyclic amines) is 1. The fourth-order valence-corrected chi connectivity index (χ4v) is 2.82. The highest BCUT2D eigenvalue weighted by Crippen LogP contribution is 2.40. The average Bonchev–Trinajstić information content (AvgIpc) is 2.39. The van der Waals surface area contributed by atoms with Crippen LogP contribution in [0.1, 0.15) is 31.4 Å². The summed E-state index contributed by atoms with van der Waals surface area (Å²) in [6, 6.07) is 10.3. The molecular weight excluding hydrogens is 214 g/mol. The van der Waals surface area contributed by atoms with Gasteiger partial charge in [-0.15, -0.1) is 0 Å². The Morgan fingerprint density at radius 2 is 2.12 bits per heavy atom. The van der Waals surface area contributed by atoms with E-state index in [1.165, 1.54) is 5.56 Å². The van der Waals surface area contributed by atoms with Crippen molar-refractivity contribution in [2.45, 2.75) is 32.0 Å². The van der Waals surface area contributed by atoms with E-state index in [1.807, 2.05) is 23.1 Å². The summed E-state index contributed by atoms with van der Waals surface area (Å²) in [4.78, 5) is 13.9. The van der Waals surface area contributed by atoms with Gasteiger partial charge in [0.15, 0.2) is 0 Å². The lowest BCUT2D eigenvalue weighted by molar-refractivity contribution is -0.213. The van der Waals surface area contributed by atoms with Gasteiger partial charge in [-0.25, -0.2) is 0 Å². The van der Waals surface area contributed by atoms with Gasteiger partial charge in [0.1, 0.15) is 6.23 Å². The standard InChI is InChI=1S/C14H17NO2/c1-10(11-6-3-2-4-7-11)15-13(16)12-8-5-9-17-14(12)15/h2-4,6-7,10,12,14H,5,8-9H2,1H3/t10-,12-,14-/m0/s1. The third kappa shape index (κ3) is 1.65. The van der Waals surface area contributed by atoms with Crippen molar-refractivity contribution in [2.24, 2.45) is 5.92 Å². The zero-order valence-electron chi connectivity index (χ0n) is 10.0. The summed E-state index contributed by atoms with van der Waals surface area (Å²) in [5.41, 5.74) is 1.17. The summed E-state index contributed by atoms with van der Waals surface area (Å²) in [6.45, 7) is 2.86. The lowest BCUT2D eigenvalue weighted by Crippen LogP contribution is -2.63. The van der Waals surface area contributed by atoms with Gasteiger partial charge in [0.2, 0.25) is 5.91 Å². The van der Waals surface area contributed by atoms with Crippen molar-refractivity contribution < 1.29 is 9.53 Å². The Morgan fingerprint density at radius 1 is 1.35 bits per heavy atom. The highest BCUT2D eigenvalue weighted by Gasteiger charge is 2.51. The van der Waals surface area contributed by atoms with Crippen LogP contribution in [-0.4, -0.2) is 23.6 Å². The van der Waals surface area contributed by atoms with E-state index in [2.05, 4.69) is 19.1 Å². The zero-order chi connectivity index (χ0) is 11.8. The van der Waals surface area contributed by atoms with Crippen LogP contribution in [0, 0.1) is 5.92 Å². The first kappa shape index (κ1) is 10.8. The van der Waals surface area contributed by atoms with Gasteiger partial charge in [-0.05, 0) is 25.3 Å². The van der Waals surface area contributed by atoms with E-state index < -0.39 is 0 Å². The second-order valence-corrected chi connectivity index (χ2v) is 4.84. The van der Waals surface area contributed by atoms with Crippen LogP contribution >= 0.6 is 0 Å². The first-order chi connectivity index (χ1) is 8.29. The van der Waals surface area contributed by atoms with Crippen molar-refractivity contribution in [2.75, 3.05) is 6.61 Å².